The molecule has 6 atom stereocenters. The van der Waals surface area contributed by atoms with Gasteiger partial charge < -0.3 is 10.2 Å². The van der Waals surface area contributed by atoms with Crippen molar-refractivity contribution in [1.82, 2.24) is 10.2 Å². The summed E-state index contributed by atoms with van der Waals surface area (Å²) >= 11 is 0. The highest BCUT2D eigenvalue weighted by Gasteiger charge is 2.62. The fraction of sp³-hybridized carbons (Fsp3) is 0.867. The molecule has 1 amide bonds. The lowest BCUT2D eigenvalue weighted by Crippen LogP contribution is -2.62. The van der Waals surface area contributed by atoms with Crippen molar-refractivity contribution in [3.8, 4) is 0 Å². The number of ketones is 1. The van der Waals surface area contributed by atoms with Crippen molar-refractivity contribution in [3.05, 3.63) is 11.8 Å². The number of fused-ring (bicyclic) bond motifs is 5. The predicted molar refractivity (Wildman–Crippen MR) is 133 cm³/mol. The van der Waals surface area contributed by atoms with E-state index in [2.05, 4.69) is 31.1 Å². The Bertz CT molecular complexity index is 918. The highest BCUT2D eigenvalue weighted by atomic mass is 16.2. The van der Waals surface area contributed by atoms with E-state index in [1.54, 1.807) is 0 Å². The van der Waals surface area contributed by atoms with Gasteiger partial charge in [-0.05, 0) is 112 Å². The van der Waals surface area contributed by atoms with Gasteiger partial charge in [0.05, 0.1) is 0 Å². The Morgan fingerprint density at radius 2 is 1.65 bits per heavy atom. The third-order valence-corrected chi connectivity index (χ3v) is 12.7. The van der Waals surface area contributed by atoms with Crippen molar-refractivity contribution >= 4 is 11.7 Å². The quantitative estimate of drug-likeness (QED) is 0.601. The number of carbonyl (C=O) groups is 2. The average Bonchev–Trinajstić information content (AvgIpc) is 3.11. The molecule has 0 spiro atoms. The Hall–Kier alpha value is -1.32. The summed E-state index contributed by atoms with van der Waals surface area (Å²) in [7, 11) is 2.21. The Morgan fingerprint density at radius 3 is 2.32 bits per heavy atom. The Morgan fingerprint density at radius 1 is 0.971 bits per heavy atom. The van der Waals surface area contributed by atoms with Crippen LogP contribution < -0.4 is 5.32 Å². The number of piperidine rings is 1. The van der Waals surface area contributed by atoms with Crippen LogP contribution in [-0.2, 0) is 9.59 Å². The van der Waals surface area contributed by atoms with Gasteiger partial charge in [-0.25, -0.2) is 0 Å². The smallest absolute Gasteiger partial charge is 0.224 e. The fourth-order valence-electron chi connectivity index (χ4n) is 11.6. The molecule has 6 saturated carbocycles. The van der Waals surface area contributed by atoms with Crippen molar-refractivity contribution < 1.29 is 9.59 Å². The molecular weight excluding hydrogens is 420 g/mol. The van der Waals surface area contributed by atoms with Gasteiger partial charge >= 0.3 is 0 Å². The van der Waals surface area contributed by atoms with Gasteiger partial charge in [0, 0.05) is 48.7 Å². The molecule has 4 heteroatoms. The zero-order chi connectivity index (χ0) is 23.5. The topological polar surface area (TPSA) is 49.4 Å². The van der Waals surface area contributed by atoms with Gasteiger partial charge in [0.2, 0.25) is 5.91 Å². The van der Waals surface area contributed by atoms with Crippen molar-refractivity contribution in [1.29, 1.82) is 0 Å². The molecule has 34 heavy (non-hydrogen) atoms. The Kier molecular flexibility index (Phi) is 4.60. The van der Waals surface area contributed by atoms with Crippen LogP contribution in [0.25, 0.3) is 0 Å². The molecule has 0 aromatic carbocycles. The zero-order valence-electron chi connectivity index (χ0n) is 21.6. The lowest BCUT2D eigenvalue weighted by atomic mass is 9.49. The highest BCUT2D eigenvalue weighted by Crippen LogP contribution is 2.65. The Labute approximate surface area is 205 Å². The van der Waals surface area contributed by atoms with Gasteiger partial charge in [-0.1, -0.05) is 13.8 Å². The number of allylic oxidation sites excluding steroid dienone is 2. The van der Waals surface area contributed by atoms with Crippen molar-refractivity contribution in [2.24, 2.45) is 52.3 Å². The maximum atomic E-state index is 14.0. The number of rotatable bonds is 2. The van der Waals surface area contributed by atoms with E-state index in [9.17, 15) is 9.59 Å². The molecule has 4 bridgehead atoms. The minimum absolute atomic E-state index is 0.129. The van der Waals surface area contributed by atoms with E-state index in [0.717, 1.165) is 37.1 Å². The number of nitrogens with zero attached hydrogens (tertiary/aromatic N) is 1. The monoisotopic (exact) mass is 464 g/mol. The van der Waals surface area contributed by atoms with Crippen LogP contribution in [0.15, 0.2) is 11.8 Å². The summed E-state index contributed by atoms with van der Waals surface area (Å²) in [5.41, 5.74) is 1.69. The molecule has 8 rings (SSSR count). The SMILES string of the molecule is CN1C[C@H]2[C@@H]3CC[C@H](C(=O)NC45CC6CC(CC(C6)C4)C5)[C@@]3(C)CC[C@@H]2[C@@]2(C)CCC(=O)C=C12. The number of hydrogen-bond donors (Lipinski definition) is 1. The maximum Gasteiger partial charge on any atom is 0.224 e. The first-order chi connectivity index (χ1) is 16.2. The second-order valence-electron chi connectivity index (χ2n) is 14.5. The molecule has 1 heterocycles. The molecule has 4 nitrogen and oxygen atoms in total. The van der Waals surface area contributed by atoms with E-state index in [1.807, 2.05) is 6.08 Å². The molecule has 7 aliphatic carbocycles. The zero-order valence-corrected chi connectivity index (χ0v) is 21.6. The lowest BCUT2D eigenvalue weighted by molar-refractivity contribution is -0.139. The average molecular weight is 465 g/mol. The maximum absolute atomic E-state index is 14.0. The molecular formula is C30H44N2O2. The van der Waals surface area contributed by atoms with E-state index in [4.69, 9.17) is 0 Å². The van der Waals surface area contributed by atoms with E-state index in [0.29, 0.717) is 35.9 Å². The van der Waals surface area contributed by atoms with E-state index in [1.165, 1.54) is 63.5 Å². The highest BCUT2D eigenvalue weighted by molar-refractivity contribution is 5.91. The Balaban J connectivity index is 1.12. The minimum Gasteiger partial charge on any atom is -0.377 e. The van der Waals surface area contributed by atoms with Crippen LogP contribution in [0.3, 0.4) is 0 Å². The summed E-state index contributed by atoms with van der Waals surface area (Å²) in [6, 6.07) is 0. The van der Waals surface area contributed by atoms with Gasteiger partial charge in [-0.2, -0.15) is 0 Å². The van der Waals surface area contributed by atoms with Gasteiger partial charge in [0.25, 0.3) is 0 Å². The first-order valence-corrected chi connectivity index (χ1v) is 14.5. The van der Waals surface area contributed by atoms with E-state index < -0.39 is 0 Å². The van der Waals surface area contributed by atoms with Crippen LogP contribution in [0.5, 0.6) is 0 Å². The van der Waals surface area contributed by atoms with Gasteiger partial charge in [-0.15, -0.1) is 0 Å². The predicted octanol–water partition coefficient (Wildman–Crippen LogP) is 5.33. The number of likely N-dealkylation sites (tertiary alicyclic amines) is 1. The van der Waals surface area contributed by atoms with Crippen LogP contribution in [0, 0.1) is 52.3 Å². The third-order valence-electron chi connectivity index (χ3n) is 12.7. The summed E-state index contributed by atoms with van der Waals surface area (Å²) in [5.74, 6) is 5.46. The third kappa shape index (κ3) is 2.95. The van der Waals surface area contributed by atoms with E-state index in [-0.39, 0.29) is 22.3 Å². The lowest BCUT2D eigenvalue weighted by Gasteiger charge is -2.60. The first-order valence-electron chi connectivity index (χ1n) is 14.5. The van der Waals surface area contributed by atoms with Crippen LogP contribution in [0.2, 0.25) is 0 Å². The number of nitrogens with one attached hydrogen (secondary N) is 1. The van der Waals surface area contributed by atoms with Crippen molar-refractivity contribution in [2.45, 2.75) is 96.4 Å². The largest absolute Gasteiger partial charge is 0.377 e. The van der Waals surface area contributed by atoms with Gasteiger partial charge in [0.1, 0.15) is 0 Å². The van der Waals surface area contributed by atoms with E-state index >= 15 is 0 Å². The standard InChI is InChI=1S/C30H44N2O2/c1-28-9-7-24-22(17-32(3)26-13-21(33)6-8-29(24,26)2)23(28)4-5-25(28)27(34)31-30-14-18-10-19(15-30)12-20(11-18)16-30/h13,18-20,22-25H,4-12,14-17H2,1-3H3,(H,31,34)/t18?,19?,20?,22-,23-,24-,25+,28-,29+,30?/m0/s1. The van der Waals surface area contributed by atoms with Crippen molar-refractivity contribution in [3.63, 3.8) is 0 Å². The molecule has 7 fully saturated rings. The summed E-state index contributed by atoms with van der Waals surface area (Å²) in [4.78, 5) is 28.6. The molecule has 186 valence electrons. The van der Waals surface area contributed by atoms with Gasteiger partial charge in [-0.3, -0.25) is 9.59 Å². The summed E-state index contributed by atoms with van der Waals surface area (Å²) < 4.78 is 0. The van der Waals surface area contributed by atoms with Crippen molar-refractivity contribution in [2.75, 3.05) is 13.6 Å². The normalized spacial score (nSPS) is 53.1. The molecule has 0 radical (unpaired) electrons. The van der Waals surface area contributed by atoms with Crippen LogP contribution >= 0.6 is 0 Å². The number of carbonyl (C=O) groups excluding carboxylic acids is 2. The van der Waals surface area contributed by atoms with Gasteiger partial charge in [0.15, 0.2) is 5.78 Å². The summed E-state index contributed by atoms with van der Waals surface area (Å²) in [5, 5.41) is 3.77. The first kappa shape index (κ1) is 21.9. The number of hydrogen-bond acceptors (Lipinski definition) is 3. The summed E-state index contributed by atoms with van der Waals surface area (Å²) in [6.45, 7) is 5.97. The van der Waals surface area contributed by atoms with Crippen LogP contribution in [0.1, 0.15) is 90.9 Å². The molecule has 8 aliphatic rings. The molecule has 0 aromatic rings. The second kappa shape index (κ2) is 7.13. The minimum atomic E-state index is 0.129. The molecule has 1 saturated heterocycles. The molecule has 0 unspecified atom stereocenters. The van der Waals surface area contributed by atoms with Crippen LogP contribution in [-0.4, -0.2) is 35.7 Å². The number of amides is 1. The fourth-order valence-corrected chi connectivity index (χ4v) is 11.6. The molecule has 0 aromatic heterocycles. The molecule has 1 N–H and O–H groups in total. The second-order valence-corrected chi connectivity index (χ2v) is 14.5. The molecule has 1 aliphatic heterocycles. The summed E-state index contributed by atoms with van der Waals surface area (Å²) in [6.07, 6.45) is 16.4. The van der Waals surface area contributed by atoms with Crippen LogP contribution in [0.4, 0.5) is 0 Å².